The van der Waals surface area contributed by atoms with Crippen LogP contribution in [0.4, 0.5) is 0 Å². The molecule has 144 valence electrons. The van der Waals surface area contributed by atoms with E-state index in [0.29, 0.717) is 16.5 Å². The molecule has 0 fully saturated rings. The average molecular weight is 398 g/mol. The Morgan fingerprint density at radius 1 is 1.31 bits per heavy atom. The Kier molecular flexibility index (Phi) is 7.11. The second-order valence-electron chi connectivity index (χ2n) is 7.64. The predicted octanol–water partition coefficient (Wildman–Crippen LogP) is 2.27. The number of carbonyl (C=O) groups is 3. The lowest BCUT2D eigenvalue weighted by Gasteiger charge is -2.33. The van der Waals surface area contributed by atoms with Crippen LogP contribution in [-0.2, 0) is 22.4 Å². The van der Waals surface area contributed by atoms with Crippen molar-refractivity contribution in [3.63, 3.8) is 0 Å². The topological polar surface area (TPSA) is 101 Å². The van der Waals surface area contributed by atoms with Crippen LogP contribution in [-0.4, -0.2) is 29.2 Å². The number of nitrogens with two attached hydrogens (primary N) is 1. The van der Waals surface area contributed by atoms with Gasteiger partial charge in [-0.25, -0.2) is 0 Å². The third-order valence-corrected chi connectivity index (χ3v) is 6.78. The summed E-state index contributed by atoms with van der Waals surface area (Å²) in [5.41, 5.74) is 11.5. The predicted molar refractivity (Wildman–Crippen MR) is 106 cm³/mol. The number of thiophene rings is 1. The molecule has 2 rings (SSSR count). The van der Waals surface area contributed by atoms with Gasteiger partial charge in [0, 0.05) is 17.1 Å². The molecule has 4 N–H and O–H groups in total. The summed E-state index contributed by atoms with van der Waals surface area (Å²) in [6, 6.07) is 1.96. The number of primary amides is 1. The van der Waals surface area contributed by atoms with E-state index in [9.17, 15) is 14.4 Å². The highest BCUT2D eigenvalue weighted by Crippen LogP contribution is 2.40. The first-order valence-corrected chi connectivity index (χ1v) is 10.7. The summed E-state index contributed by atoms with van der Waals surface area (Å²) < 4.78 is 0. The normalized spacial score (nSPS) is 16.7. The van der Waals surface area contributed by atoms with Crippen molar-refractivity contribution >= 4 is 40.8 Å². The number of rotatable bonds is 6. The molecule has 26 heavy (non-hydrogen) atoms. The number of fused-ring (bicyclic) bond motifs is 1. The lowest BCUT2D eigenvalue weighted by atomic mass is 9.72. The minimum Gasteiger partial charge on any atom is -0.369 e. The highest BCUT2D eigenvalue weighted by atomic mass is 32.2. The molecule has 1 unspecified atom stereocenters. The summed E-state index contributed by atoms with van der Waals surface area (Å²) in [6.45, 7) is 6.79. The monoisotopic (exact) mass is 397 g/mol. The molecule has 0 aromatic carbocycles. The molecule has 0 aliphatic heterocycles. The Morgan fingerprint density at radius 2 is 2.04 bits per heavy atom. The fraction of sp³-hybridized carbons (Fsp3) is 0.611. The fourth-order valence-corrected chi connectivity index (χ4v) is 4.74. The second kappa shape index (κ2) is 8.90. The van der Waals surface area contributed by atoms with Crippen LogP contribution in [0.15, 0.2) is 6.07 Å². The number of hydrogen-bond acceptors (Lipinski definition) is 5. The zero-order chi connectivity index (χ0) is 19.3. The Balaban J connectivity index is 1.81. The summed E-state index contributed by atoms with van der Waals surface area (Å²) in [6.07, 6.45) is 3.38. The molecule has 1 aliphatic rings. The minimum atomic E-state index is -0.404. The van der Waals surface area contributed by atoms with Crippen molar-refractivity contribution in [2.45, 2.75) is 46.5 Å². The van der Waals surface area contributed by atoms with E-state index in [-0.39, 0.29) is 29.4 Å². The molecule has 0 bridgehead atoms. The second-order valence-corrected chi connectivity index (χ2v) is 9.88. The van der Waals surface area contributed by atoms with Gasteiger partial charge in [-0.05, 0) is 42.2 Å². The van der Waals surface area contributed by atoms with Crippen LogP contribution in [0.3, 0.4) is 0 Å². The summed E-state index contributed by atoms with van der Waals surface area (Å²) >= 11 is 2.81. The maximum absolute atomic E-state index is 12.3. The van der Waals surface area contributed by atoms with Gasteiger partial charge in [0.2, 0.25) is 11.8 Å². The molecule has 1 aromatic rings. The zero-order valence-electron chi connectivity index (χ0n) is 15.5. The molecule has 6 nitrogen and oxygen atoms in total. The number of amides is 3. The van der Waals surface area contributed by atoms with Gasteiger partial charge in [0.15, 0.2) is 0 Å². The third-order valence-electron chi connectivity index (χ3n) is 4.56. The van der Waals surface area contributed by atoms with Gasteiger partial charge in [-0.3, -0.25) is 25.2 Å². The fourth-order valence-electron chi connectivity index (χ4n) is 2.96. The first-order chi connectivity index (χ1) is 12.2. The Hall–Kier alpha value is -1.54. The van der Waals surface area contributed by atoms with Crippen LogP contribution < -0.4 is 16.6 Å². The molecule has 1 aromatic heterocycles. The maximum Gasteiger partial charge on any atom is 0.279 e. The van der Waals surface area contributed by atoms with Crippen molar-refractivity contribution in [1.82, 2.24) is 10.9 Å². The van der Waals surface area contributed by atoms with E-state index in [2.05, 4.69) is 31.6 Å². The van der Waals surface area contributed by atoms with Crippen molar-refractivity contribution in [2.24, 2.45) is 17.1 Å². The van der Waals surface area contributed by atoms with Gasteiger partial charge in [0.25, 0.3) is 5.91 Å². The van der Waals surface area contributed by atoms with Gasteiger partial charge in [-0.15, -0.1) is 11.3 Å². The minimum absolute atomic E-state index is 0.190. The molecule has 1 aliphatic carbocycles. The lowest BCUT2D eigenvalue weighted by molar-refractivity contribution is -0.121. The molecule has 0 saturated heterocycles. The zero-order valence-corrected chi connectivity index (χ0v) is 17.1. The lowest BCUT2D eigenvalue weighted by Crippen LogP contribution is -2.41. The third kappa shape index (κ3) is 6.02. The number of hydrogen-bond donors (Lipinski definition) is 3. The summed E-state index contributed by atoms with van der Waals surface area (Å²) in [7, 11) is 0. The van der Waals surface area contributed by atoms with Gasteiger partial charge >= 0.3 is 0 Å². The molecule has 8 heteroatoms. The molecule has 0 spiro atoms. The number of nitrogens with one attached hydrogen (secondary N) is 2. The molecule has 3 amide bonds. The van der Waals surface area contributed by atoms with Gasteiger partial charge in [-0.2, -0.15) is 11.8 Å². The van der Waals surface area contributed by atoms with Gasteiger partial charge in [-0.1, -0.05) is 20.8 Å². The Labute approximate surface area is 162 Å². The molecule has 1 atom stereocenters. The molecule has 0 radical (unpaired) electrons. The van der Waals surface area contributed by atoms with Gasteiger partial charge < -0.3 is 5.73 Å². The molecular weight excluding hydrogens is 370 g/mol. The summed E-state index contributed by atoms with van der Waals surface area (Å²) in [5.74, 6) is 0.318. The van der Waals surface area contributed by atoms with E-state index in [0.717, 1.165) is 19.3 Å². The van der Waals surface area contributed by atoms with Crippen LogP contribution in [0.1, 0.15) is 53.7 Å². The van der Waals surface area contributed by atoms with Gasteiger partial charge in [0.1, 0.15) is 0 Å². The number of carbonyl (C=O) groups excluding carboxylic acids is 3. The van der Waals surface area contributed by atoms with Crippen molar-refractivity contribution < 1.29 is 14.4 Å². The largest absolute Gasteiger partial charge is 0.369 e. The number of thioether (sulfide) groups is 1. The average Bonchev–Trinajstić information content (AvgIpc) is 2.98. The van der Waals surface area contributed by atoms with E-state index < -0.39 is 5.91 Å². The Morgan fingerprint density at radius 3 is 2.69 bits per heavy atom. The summed E-state index contributed by atoms with van der Waals surface area (Å²) in [4.78, 5) is 36.5. The van der Waals surface area contributed by atoms with Crippen molar-refractivity contribution in [3.05, 3.63) is 21.4 Å². The van der Waals surface area contributed by atoms with E-state index in [1.807, 2.05) is 6.07 Å². The van der Waals surface area contributed by atoms with Crippen LogP contribution in [0, 0.1) is 11.3 Å². The maximum atomic E-state index is 12.3. The molecular formula is C18H27N3O3S2. The van der Waals surface area contributed by atoms with Crippen LogP contribution in [0.5, 0.6) is 0 Å². The summed E-state index contributed by atoms with van der Waals surface area (Å²) in [5, 5.41) is 0. The van der Waals surface area contributed by atoms with E-state index in [1.165, 1.54) is 33.5 Å². The first-order valence-electron chi connectivity index (χ1n) is 8.73. The highest BCUT2D eigenvalue weighted by molar-refractivity contribution is 7.99. The van der Waals surface area contributed by atoms with Crippen molar-refractivity contribution in [3.8, 4) is 0 Å². The van der Waals surface area contributed by atoms with Crippen LogP contribution in [0.2, 0.25) is 0 Å². The standard InChI is InChI=1S/C18H27N3O3S2/c1-18(2,3)12-4-5-13-11(8-12)9-14(26-13)17(24)21-20-16(23)6-7-25-10-15(19)22/h9,12H,4-8,10H2,1-3H3,(H2,19,22)(H,20,23)(H,21,24). The first kappa shape index (κ1) is 20.8. The highest BCUT2D eigenvalue weighted by Gasteiger charge is 2.30. The van der Waals surface area contributed by atoms with E-state index in [4.69, 9.17) is 5.73 Å². The quantitative estimate of drug-likeness (QED) is 0.506. The SMILES string of the molecule is CC(C)(C)C1CCc2sc(C(=O)NNC(=O)CCSCC(N)=O)cc2C1. The number of aryl methyl sites for hydroxylation is 1. The van der Waals surface area contributed by atoms with Crippen molar-refractivity contribution in [1.29, 1.82) is 0 Å². The molecule has 1 heterocycles. The smallest absolute Gasteiger partial charge is 0.279 e. The van der Waals surface area contributed by atoms with Crippen LogP contribution >= 0.6 is 23.1 Å². The Bertz CT molecular complexity index is 680. The van der Waals surface area contributed by atoms with Crippen molar-refractivity contribution in [2.75, 3.05) is 11.5 Å². The molecule has 0 saturated carbocycles. The van der Waals surface area contributed by atoms with E-state index in [1.54, 1.807) is 0 Å². The van der Waals surface area contributed by atoms with E-state index >= 15 is 0 Å². The van der Waals surface area contributed by atoms with Crippen LogP contribution in [0.25, 0.3) is 0 Å². The number of hydrazine groups is 1. The van der Waals surface area contributed by atoms with Gasteiger partial charge in [0.05, 0.1) is 10.6 Å².